The van der Waals surface area contributed by atoms with E-state index in [1.54, 1.807) is 0 Å². The summed E-state index contributed by atoms with van der Waals surface area (Å²) in [6, 6.07) is 16.1. The first-order valence-electron chi connectivity index (χ1n) is 22.0. The lowest BCUT2D eigenvalue weighted by molar-refractivity contribution is -0.137. The first-order chi connectivity index (χ1) is 28.1. The van der Waals surface area contributed by atoms with E-state index in [2.05, 4.69) is 90.7 Å². The second-order valence-corrected chi connectivity index (χ2v) is 24.9. The van der Waals surface area contributed by atoms with Crippen molar-refractivity contribution in [1.82, 2.24) is 24.7 Å². The second-order valence-electron chi connectivity index (χ2n) is 19.3. The number of methoxy groups -OCH3 is 1. The van der Waals surface area contributed by atoms with E-state index in [4.69, 9.17) is 19.5 Å². The van der Waals surface area contributed by atoms with E-state index < -0.39 is 20.2 Å². The van der Waals surface area contributed by atoms with Gasteiger partial charge in [-0.05, 0) is 90.1 Å². The molecule has 366 valence electrons. The van der Waals surface area contributed by atoms with Crippen molar-refractivity contribution in [1.29, 1.82) is 0 Å². The quantitative estimate of drug-likeness (QED) is 0.120. The van der Waals surface area contributed by atoms with Gasteiger partial charge < -0.3 is 29.2 Å². The molecule has 7 rings (SSSR count). The monoisotopic (exact) mass is 1030 g/mol. The molecule has 6 atom stereocenters. The van der Waals surface area contributed by atoms with Gasteiger partial charge in [0.1, 0.15) is 18.6 Å². The number of amides is 3. The van der Waals surface area contributed by atoms with Gasteiger partial charge in [-0.3, -0.25) is 14.6 Å². The Balaban J connectivity index is 0.00000352. The Hall–Kier alpha value is -2.19. The number of carbonyl (C=O) groups excluding carboxylic acids is 3. The summed E-state index contributed by atoms with van der Waals surface area (Å²) >= 11 is 0. The summed E-state index contributed by atoms with van der Waals surface area (Å²) in [7, 11) is 0.0640. The zero-order valence-corrected chi connectivity index (χ0v) is 46.8. The van der Waals surface area contributed by atoms with Crippen LogP contribution in [0.5, 0.6) is 0 Å². The van der Waals surface area contributed by atoms with E-state index in [1.165, 1.54) is 23.8 Å². The van der Waals surface area contributed by atoms with Crippen LogP contribution in [0.3, 0.4) is 0 Å². The second kappa shape index (κ2) is 26.0. The Bertz CT molecular complexity index is 2060. The number of likely N-dealkylation sites (tertiary alicyclic amines) is 2. The molecule has 3 fully saturated rings. The molecule has 3 aliphatic heterocycles. The standard InChI is InChI=1S/C47H66N6O5Si.6H2S/c1-29(2)31(5)45(54)52-21-11-13-41(52)44-48-27-42(53(44)28-58-22-23-59(7,8)9)33-16-14-32(15-17-33)36-26-37(36)34-18-19-38-35(24-34)25-39(49-38)40-12-10-20-51(40)46(55)43(30(3)4)50-47(56)57-6;;;;;;/h14-19,24,27,29-31,36-37,40-41,43H,10-13,20-23,25-26,28H2,1-9H3,(H,50,56);6*1H2/t31-,36+,37+,40-,41-,43-;;;;;;/m0....../s1. The van der Waals surface area contributed by atoms with Crippen molar-refractivity contribution in [3.8, 4) is 11.3 Å². The van der Waals surface area contributed by atoms with E-state index in [1.807, 2.05) is 31.9 Å². The van der Waals surface area contributed by atoms with Crippen LogP contribution in [0.1, 0.15) is 107 Å². The van der Waals surface area contributed by atoms with E-state index in [0.717, 1.165) is 86.2 Å². The van der Waals surface area contributed by atoms with Gasteiger partial charge in [0.05, 0.1) is 36.8 Å². The molecule has 1 aromatic heterocycles. The van der Waals surface area contributed by atoms with Gasteiger partial charge in [-0.25, -0.2) is 9.78 Å². The van der Waals surface area contributed by atoms with Crippen molar-refractivity contribution in [2.24, 2.45) is 22.7 Å². The van der Waals surface area contributed by atoms with Crippen LogP contribution >= 0.6 is 81.0 Å². The summed E-state index contributed by atoms with van der Waals surface area (Å²) in [4.78, 5) is 53.4. The lowest BCUT2D eigenvalue weighted by Crippen LogP contribution is -2.53. The Morgan fingerprint density at radius 1 is 0.800 bits per heavy atom. The van der Waals surface area contributed by atoms with Crippen LogP contribution in [0.4, 0.5) is 10.5 Å². The molecule has 4 heterocycles. The topological polar surface area (TPSA) is 118 Å². The molecule has 0 unspecified atom stereocenters. The molecule has 2 aromatic carbocycles. The molecule has 3 aromatic rings. The summed E-state index contributed by atoms with van der Waals surface area (Å²) < 4.78 is 13.4. The van der Waals surface area contributed by atoms with E-state index >= 15 is 0 Å². The highest BCUT2D eigenvalue weighted by atomic mass is 32.1. The maximum absolute atomic E-state index is 13.7. The van der Waals surface area contributed by atoms with E-state index in [0.29, 0.717) is 25.1 Å². The Labute approximate surface area is 431 Å². The average molecular weight is 1030 g/mol. The van der Waals surface area contributed by atoms with Gasteiger partial charge in [0.2, 0.25) is 11.8 Å². The Morgan fingerprint density at radius 2 is 1.40 bits per heavy atom. The average Bonchev–Trinajstić information content (AvgIpc) is 3.66. The predicted octanol–water partition coefficient (Wildman–Crippen LogP) is 9.77. The molecule has 3 amide bonds. The van der Waals surface area contributed by atoms with Crippen molar-refractivity contribution < 1.29 is 23.9 Å². The van der Waals surface area contributed by atoms with E-state index in [-0.39, 0.29) is 123 Å². The highest BCUT2D eigenvalue weighted by Gasteiger charge is 2.42. The molecule has 0 radical (unpaired) electrons. The Morgan fingerprint density at radius 3 is 2.00 bits per heavy atom. The first kappa shape index (κ1) is 60.8. The fourth-order valence-electron chi connectivity index (χ4n) is 9.16. The van der Waals surface area contributed by atoms with Gasteiger partial charge in [0.25, 0.3) is 0 Å². The third-order valence-electron chi connectivity index (χ3n) is 13.2. The normalized spacial score (nSPS) is 20.4. The molecular formula is C47H78N6O5S6Si. The Kier molecular flexibility index (Phi) is 24.3. The number of alkyl carbamates (subject to hydrolysis) is 1. The van der Waals surface area contributed by atoms with Gasteiger partial charge >= 0.3 is 6.09 Å². The summed E-state index contributed by atoms with van der Waals surface area (Å²) in [6.45, 7) is 19.9. The number of aromatic nitrogens is 2. The molecule has 0 spiro atoms. The molecule has 1 aliphatic carbocycles. The number of hydrogen-bond acceptors (Lipinski definition) is 7. The predicted molar refractivity (Wildman–Crippen MR) is 298 cm³/mol. The van der Waals surface area contributed by atoms with E-state index in [9.17, 15) is 14.4 Å². The molecule has 1 N–H and O–H groups in total. The number of nitrogens with one attached hydrogen (secondary N) is 1. The highest BCUT2D eigenvalue weighted by molar-refractivity contribution is 7.60. The van der Waals surface area contributed by atoms with Crippen LogP contribution in [0.2, 0.25) is 25.7 Å². The number of hydrogen-bond donors (Lipinski definition) is 1. The third kappa shape index (κ3) is 14.0. The lowest BCUT2D eigenvalue weighted by Gasteiger charge is -2.30. The maximum atomic E-state index is 13.7. The number of nitrogens with zero attached hydrogens (tertiary/aromatic N) is 5. The van der Waals surface area contributed by atoms with Gasteiger partial charge in [-0.2, -0.15) is 81.0 Å². The zero-order valence-electron chi connectivity index (χ0n) is 39.8. The van der Waals surface area contributed by atoms with Crippen molar-refractivity contribution in [2.45, 2.75) is 136 Å². The van der Waals surface area contributed by atoms with Crippen LogP contribution in [0.15, 0.2) is 53.7 Å². The van der Waals surface area contributed by atoms with Crippen LogP contribution in [0.25, 0.3) is 11.3 Å². The SMILES string of the molecule is COC(=O)N[C@H](C(=O)N1CCC[C@H]1C1=Nc2ccc([C@H]3C[C@@H]3c3ccc(-c4cnc([C@@H]5CCCN5C(=O)[C@@H](C)C(C)C)n4COCC[Si](C)(C)C)cc3)cc2C1)C(C)C.S.S.S.S.S.S. The number of benzene rings is 2. The smallest absolute Gasteiger partial charge is 0.407 e. The summed E-state index contributed by atoms with van der Waals surface area (Å²) in [6.07, 6.45) is 6.90. The van der Waals surface area contributed by atoms with Crippen LogP contribution < -0.4 is 5.32 Å². The summed E-state index contributed by atoms with van der Waals surface area (Å²) in [5, 5.41) is 2.75. The summed E-state index contributed by atoms with van der Waals surface area (Å²) in [5.74, 6) is 2.16. The molecule has 1 saturated carbocycles. The zero-order chi connectivity index (χ0) is 42.2. The fourth-order valence-corrected chi connectivity index (χ4v) is 9.91. The number of ether oxygens (including phenoxy) is 2. The number of aliphatic imine (C=N–C) groups is 1. The molecule has 11 nitrogen and oxygen atoms in total. The van der Waals surface area contributed by atoms with Crippen molar-refractivity contribution >= 4 is 118 Å². The molecule has 65 heavy (non-hydrogen) atoms. The van der Waals surface area contributed by atoms with Gasteiger partial charge in [0.15, 0.2) is 0 Å². The minimum absolute atomic E-state index is 0. The largest absolute Gasteiger partial charge is 0.453 e. The number of rotatable bonds is 15. The van der Waals surface area contributed by atoms with Crippen LogP contribution in [-0.4, -0.2) is 89.9 Å². The minimum atomic E-state index is -1.25. The maximum Gasteiger partial charge on any atom is 0.407 e. The number of fused-ring (bicyclic) bond motifs is 1. The van der Waals surface area contributed by atoms with Gasteiger partial charge in [-0.15, -0.1) is 0 Å². The van der Waals surface area contributed by atoms with Crippen molar-refractivity contribution in [3.63, 3.8) is 0 Å². The summed E-state index contributed by atoms with van der Waals surface area (Å²) in [5.41, 5.74) is 8.07. The fraction of sp³-hybridized carbons (Fsp3) is 0.596. The minimum Gasteiger partial charge on any atom is -0.453 e. The number of carbonyl (C=O) groups is 3. The molecule has 2 saturated heterocycles. The van der Waals surface area contributed by atoms with Crippen molar-refractivity contribution in [2.75, 3.05) is 26.8 Å². The molecular weight excluding hydrogens is 949 g/mol. The third-order valence-corrected chi connectivity index (χ3v) is 14.9. The molecule has 4 aliphatic rings. The van der Waals surface area contributed by atoms with Crippen LogP contribution in [0, 0.1) is 17.8 Å². The lowest BCUT2D eigenvalue weighted by atomic mass is 9.96. The number of imidazole rings is 1. The highest BCUT2D eigenvalue weighted by Crippen LogP contribution is 2.55. The molecule has 18 heteroatoms. The van der Waals surface area contributed by atoms with Gasteiger partial charge in [-0.1, -0.05) is 90.7 Å². The first-order valence-corrected chi connectivity index (χ1v) is 25.7. The van der Waals surface area contributed by atoms with Crippen LogP contribution in [-0.2, 0) is 32.2 Å². The van der Waals surface area contributed by atoms with Gasteiger partial charge in [0, 0.05) is 45.8 Å². The van der Waals surface area contributed by atoms with Crippen molar-refractivity contribution in [3.05, 3.63) is 71.2 Å². The molecule has 0 bridgehead atoms.